The van der Waals surface area contributed by atoms with Gasteiger partial charge < -0.3 is 11.1 Å². The summed E-state index contributed by atoms with van der Waals surface area (Å²) in [5, 5.41) is 4.56. The molecule has 3 N–H and O–H groups in total. The smallest absolute Gasteiger partial charge is 0.0720 e. The van der Waals surface area contributed by atoms with Crippen LogP contribution in [0.5, 0.6) is 0 Å². The van der Waals surface area contributed by atoms with Crippen LogP contribution < -0.4 is 11.1 Å². The molecule has 0 atom stereocenters. The van der Waals surface area contributed by atoms with E-state index in [4.69, 9.17) is 28.9 Å². The lowest BCUT2D eigenvalue weighted by Crippen LogP contribution is -2.17. The van der Waals surface area contributed by atoms with Gasteiger partial charge >= 0.3 is 0 Å². The van der Waals surface area contributed by atoms with Crippen LogP contribution in [0, 0.1) is 5.92 Å². The van der Waals surface area contributed by atoms with E-state index < -0.39 is 0 Å². The monoisotopic (exact) mass is 272 g/mol. The molecule has 0 saturated heterocycles. The first-order chi connectivity index (χ1) is 8.16. The van der Waals surface area contributed by atoms with Crippen LogP contribution in [0.4, 0.5) is 11.4 Å². The second-order valence-corrected chi connectivity index (χ2v) is 5.56. The summed E-state index contributed by atoms with van der Waals surface area (Å²) < 4.78 is 0. The summed E-state index contributed by atoms with van der Waals surface area (Å²) in [6.07, 6.45) is 6.67. The average Bonchev–Trinajstić information content (AvgIpc) is 2.29. The van der Waals surface area contributed by atoms with Crippen LogP contribution in [-0.2, 0) is 0 Å². The highest BCUT2D eigenvalue weighted by molar-refractivity contribution is 6.39. The van der Waals surface area contributed by atoms with Crippen LogP contribution in [0.25, 0.3) is 0 Å². The predicted octanol–water partition coefficient (Wildman–Crippen LogP) is 4.57. The number of hydrogen-bond donors (Lipinski definition) is 2. The molecule has 1 aromatic rings. The van der Waals surface area contributed by atoms with Gasteiger partial charge in [-0.2, -0.15) is 0 Å². The fraction of sp³-hybridized carbons (Fsp3) is 0.538. The highest BCUT2D eigenvalue weighted by Crippen LogP contribution is 2.33. The molecule has 0 unspecified atom stereocenters. The number of hydrogen-bond acceptors (Lipinski definition) is 2. The molecule has 1 saturated carbocycles. The molecule has 0 amide bonds. The number of rotatable bonds is 3. The van der Waals surface area contributed by atoms with Crippen molar-refractivity contribution in [3.05, 3.63) is 22.2 Å². The first-order valence-corrected chi connectivity index (χ1v) is 6.91. The third-order valence-electron chi connectivity index (χ3n) is 3.36. The molecule has 0 radical (unpaired) electrons. The predicted molar refractivity (Wildman–Crippen MR) is 75.9 cm³/mol. The van der Waals surface area contributed by atoms with Gasteiger partial charge in [-0.3, -0.25) is 0 Å². The third-order valence-corrected chi connectivity index (χ3v) is 3.95. The van der Waals surface area contributed by atoms with Crippen LogP contribution in [0.15, 0.2) is 12.1 Å². The normalized spacial score (nSPS) is 17.1. The Bertz CT molecular complexity index is 364. The minimum Gasteiger partial charge on any atom is -0.399 e. The largest absolute Gasteiger partial charge is 0.399 e. The molecule has 0 heterocycles. The highest BCUT2D eigenvalue weighted by atomic mass is 35.5. The van der Waals surface area contributed by atoms with E-state index in [9.17, 15) is 0 Å². The molecular formula is C13H18Cl2N2. The standard InChI is InChI=1S/C13H18Cl2N2/c14-11-6-10(16)7-12(15)13(11)17-8-9-4-2-1-3-5-9/h6-7,9,17H,1-5,8,16H2. The van der Waals surface area contributed by atoms with E-state index in [1.807, 2.05) is 0 Å². The summed E-state index contributed by atoms with van der Waals surface area (Å²) in [5.41, 5.74) is 7.08. The zero-order valence-electron chi connectivity index (χ0n) is 9.81. The van der Waals surface area contributed by atoms with Crippen LogP contribution in [-0.4, -0.2) is 6.54 Å². The molecule has 1 aromatic carbocycles. The molecule has 94 valence electrons. The molecule has 4 heteroatoms. The van der Waals surface area contributed by atoms with Crippen molar-refractivity contribution in [3.8, 4) is 0 Å². The van der Waals surface area contributed by atoms with Crippen molar-refractivity contribution < 1.29 is 0 Å². The first-order valence-electron chi connectivity index (χ1n) is 6.15. The van der Waals surface area contributed by atoms with Gasteiger partial charge in [0.2, 0.25) is 0 Å². The van der Waals surface area contributed by atoms with E-state index in [1.165, 1.54) is 32.1 Å². The Hall–Kier alpha value is -0.600. The minimum absolute atomic E-state index is 0.600. The second-order valence-electron chi connectivity index (χ2n) is 4.74. The van der Waals surface area contributed by atoms with Gasteiger partial charge in [0.05, 0.1) is 15.7 Å². The lowest BCUT2D eigenvalue weighted by molar-refractivity contribution is 0.373. The van der Waals surface area contributed by atoms with Crippen LogP contribution in [0.3, 0.4) is 0 Å². The van der Waals surface area contributed by atoms with Gasteiger partial charge in [0, 0.05) is 12.2 Å². The van der Waals surface area contributed by atoms with Gasteiger partial charge in [0.1, 0.15) is 0 Å². The SMILES string of the molecule is Nc1cc(Cl)c(NCC2CCCCC2)c(Cl)c1. The van der Waals surface area contributed by atoms with Crippen molar-refractivity contribution in [1.82, 2.24) is 0 Å². The number of nitrogens with two attached hydrogens (primary N) is 1. The molecule has 0 aromatic heterocycles. The summed E-state index contributed by atoms with van der Waals surface area (Å²) in [6, 6.07) is 3.47. The molecule has 1 fully saturated rings. The van der Waals surface area contributed by atoms with Gasteiger partial charge in [-0.25, -0.2) is 0 Å². The number of benzene rings is 1. The zero-order chi connectivity index (χ0) is 12.3. The Morgan fingerprint density at radius 1 is 1.12 bits per heavy atom. The Kier molecular flexibility index (Phi) is 4.41. The van der Waals surface area contributed by atoms with E-state index >= 15 is 0 Å². The fourth-order valence-electron chi connectivity index (χ4n) is 2.40. The molecule has 2 rings (SSSR count). The van der Waals surface area contributed by atoms with Crippen molar-refractivity contribution in [2.45, 2.75) is 32.1 Å². The van der Waals surface area contributed by atoms with Crippen LogP contribution in [0.1, 0.15) is 32.1 Å². The van der Waals surface area contributed by atoms with Crippen molar-refractivity contribution in [2.24, 2.45) is 5.92 Å². The lowest BCUT2D eigenvalue weighted by Gasteiger charge is -2.23. The van der Waals surface area contributed by atoms with Crippen molar-refractivity contribution in [1.29, 1.82) is 0 Å². The Labute approximate surface area is 112 Å². The molecule has 0 spiro atoms. The Morgan fingerprint density at radius 3 is 2.29 bits per heavy atom. The van der Waals surface area contributed by atoms with E-state index in [1.54, 1.807) is 12.1 Å². The van der Waals surface area contributed by atoms with Gasteiger partial charge in [-0.05, 0) is 30.9 Å². The maximum Gasteiger partial charge on any atom is 0.0720 e. The van der Waals surface area contributed by atoms with Gasteiger partial charge in [-0.1, -0.05) is 42.5 Å². The molecular weight excluding hydrogens is 255 g/mol. The second kappa shape index (κ2) is 5.83. The van der Waals surface area contributed by atoms with Crippen LogP contribution >= 0.6 is 23.2 Å². The number of nitrogens with one attached hydrogen (secondary N) is 1. The van der Waals surface area contributed by atoms with Gasteiger partial charge in [0.25, 0.3) is 0 Å². The topological polar surface area (TPSA) is 38.0 Å². The van der Waals surface area contributed by atoms with E-state index in [0.29, 0.717) is 15.7 Å². The average molecular weight is 273 g/mol. The molecule has 2 nitrogen and oxygen atoms in total. The van der Waals surface area contributed by atoms with E-state index in [-0.39, 0.29) is 0 Å². The number of nitrogen functional groups attached to an aromatic ring is 1. The summed E-state index contributed by atoms with van der Waals surface area (Å²) in [7, 11) is 0. The maximum absolute atomic E-state index is 6.13. The van der Waals surface area contributed by atoms with Gasteiger partial charge in [0.15, 0.2) is 0 Å². The Balaban J connectivity index is 1.98. The third kappa shape index (κ3) is 3.43. The molecule has 0 aliphatic heterocycles. The summed E-state index contributed by atoms with van der Waals surface area (Å²) >= 11 is 12.3. The van der Waals surface area contributed by atoms with Crippen molar-refractivity contribution >= 4 is 34.6 Å². The fourth-order valence-corrected chi connectivity index (χ4v) is 3.04. The van der Waals surface area contributed by atoms with Crippen LogP contribution in [0.2, 0.25) is 10.0 Å². The molecule has 17 heavy (non-hydrogen) atoms. The number of anilines is 2. The van der Waals surface area contributed by atoms with Gasteiger partial charge in [-0.15, -0.1) is 0 Å². The highest BCUT2D eigenvalue weighted by Gasteiger charge is 2.14. The Morgan fingerprint density at radius 2 is 1.71 bits per heavy atom. The van der Waals surface area contributed by atoms with E-state index in [2.05, 4.69) is 5.32 Å². The van der Waals surface area contributed by atoms with E-state index in [0.717, 1.165) is 18.2 Å². The summed E-state index contributed by atoms with van der Waals surface area (Å²) in [4.78, 5) is 0. The lowest BCUT2D eigenvalue weighted by atomic mass is 9.89. The zero-order valence-corrected chi connectivity index (χ0v) is 11.3. The molecule has 0 bridgehead atoms. The maximum atomic E-state index is 6.13. The quantitative estimate of drug-likeness (QED) is 0.792. The van der Waals surface area contributed by atoms with Crippen molar-refractivity contribution in [3.63, 3.8) is 0 Å². The van der Waals surface area contributed by atoms with Crippen molar-refractivity contribution in [2.75, 3.05) is 17.6 Å². The summed E-state index contributed by atoms with van der Waals surface area (Å²) in [5.74, 6) is 0.744. The first kappa shape index (κ1) is 12.8. The molecule has 1 aliphatic carbocycles. The number of halogens is 2. The molecule has 1 aliphatic rings. The minimum atomic E-state index is 0.600. The summed E-state index contributed by atoms with van der Waals surface area (Å²) in [6.45, 7) is 0.948.